The molecule has 0 bridgehead atoms. The number of hydrogen-bond acceptors (Lipinski definition) is 7. The first kappa shape index (κ1) is 39.5. The fourth-order valence-corrected chi connectivity index (χ4v) is 6.86. The Morgan fingerprint density at radius 2 is 1.43 bits per heavy atom. The highest BCUT2D eigenvalue weighted by Crippen LogP contribution is 2.35. The van der Waals surface area contributed by atoms with E-state index in [0.717, 1.165) is 27.1 Å². The summed E-state index contributed by atoms with van der Waals surface area (Å²) in [5, 5.41) is 22.0. The van der Waals surface area contributed by atoms with Gasteiger partial charge in [-0.05, 0) is 89.8 Å². The third-order valence-electron chi connectivity index (χ3n) is 8.63. The lowest BCUT2D eigenvalue weighted by Gasteiger charge is -2.24. The molecule has 0 aromatic heterocycles. The van der Waals surface area contributed by atoms with Gasteiger partial charge in [-0.1, -0.05) is 60.2 Å². The van der Waals surface area contributed by atoms with E-state index < -0.39 is 52.8 Å². The maximum atomic E-state index is 13.6. The van der Waals surface area contributed by atoms with E-state index in [0.29, 0.717) is 11.3 Å². The SMILES string of the molecule is COc1ccc(CC(=O)Nc2ccc(C(=O)N(Cc3ccc(N(C)S(=O)(=O)c4ccc(-c5ccc(C)cc5)cc4)cc3)CC(O)O)cc2)c(C(F)(F)F)c1. The van der Waals surface area contributed by atoms with Gasteiger partial charge in [0.25, 0.3) is 15.9 Å². The Morgan fingerprint density at radius 3 is 1.98 bits per heavy atom. The van der Waals surface area contributed by atoms with E-state index in [1.54, 1.807) is 48.5 Å². The van der Waals surface area contributed by atoms with Gasteiger partial charge >= 0.3 is 6.18 Å². The van der Waals surface area contributed by atoms with Crippen molar-refractivity contribution < 1.29 is 46.1 Å². The topological polar surface area (TPSA) is 136 Å². The monoisotopic (exact) mass is 761 g/mol. The van der Waals surface area contributed by atoms with Crippen molar-refractivity contribution in [1.29, 1.82) is 0 Å². The highest BCUT2D eigenvalue weighted by atomic mass is 32.2. The minimum atomic E-state index is -4.70. The molecule has 54 heavy (non-hydrogen) atoms. The summed E-state index contributed by atoms with van der Waals surface area (Å²) in [6.45, 7) is 1.48. The van der Waals surface area contributed by atoms with Crippen LogP contribution in [0.5, 0.6) is 5.75 Å². The number of rotatable bonds is 13. The summed E-state index contributed by atoms with van der Waals surface area (Å²) in [6.07, 6.45) is -7.13. The van der Waals surface area contributed by atoms with Crippen molar-refractivity contribution >= 4 is 33.2 Å². The second-order valence-corrected chi connectivity index (χ2v) is 14.5. The van der Waals surface area contributed by atoms with Crippen LogP contribution in [-0.4, -0.2) is 62.3 Å². The number of benzene rings is 5. The molecule has 282 valence electrons. The fourth-order valence-electron chi connectivity index (χ4n) is 5.67. The van der Waals surface area contributed by atoms with Gasteiger partial charge < -0.3 is 25.2 Å². The number of aryl methyl sites for hydroxylation is 1. The normalized spacial score (nSPS) is 11.6. The van der Waals surface area contributed by atoms with Gasteiger partial charge in [0.05, 0.1) is 36.2 Å². The summed E-state index contributed by atoms with van der Waals surface area (Å²) in [7, 11) is -1.24. The predicted octanol–water partition coefficient (Wildman–Crippen LogP) is 6.65. The second-order valence-electron chi connectivity index (χ2n) is 12.5. The fraction of sp³-hybridized carbons (Fsp3) is 0.200. The van der Waals surface area contributed by atoms with Gasteiger partial charge in [0.1, 0.15) is 5.75 Å². The zero-order chi connectivity index (χ0) is 39.2. The zero-order valence-corrected chi connectivity index (χ0v) is 30.4. The number of halogens is 3. The van der Waals surface area contributed by atoms with Crippen LogP contribution in [-0.2, 0) is 34.0 Å². The molecule has 2 amide bonds. The molecule has 0 atom stereocenters. The Hall–Kier alpha value is -5.70. The smallest absolute Gasteiger partial charge is 0.416 e. The molecule has 0 saturated heterocycles. The molecule has 0 aliphatic heterocycles. The molecule has 5 aromatic rings. The molecule has 3 N–H and O–H groups in total. The van der Waals surface area contributed by atoms with Crippen molar-refractivity contribution in [3.05, 3.63) is 143 Å². The zero-order valence-electron chi connectivity index (χ0n) is 29.5. The molecular weight excluding hydrogens is 724 g/mol. The second kappa shape index (κ2) is 16.5. The number of alkyl halides is 3. The molecule has 0 saturated carbocycles. The van der Waals surface area contributed by atoms with Crippen LogP contribution in [0.1, 0.15) is 32.6 Å². The number of ether oxygens (including phenoxy) is 1. The molecule has 5 aromatic carbocycles. The molecule has 0 radical (unpaired) electrons. The lowest BCUT2D eigenvalue weighted by Crippen LogP contribution is -2.37. The van der Waals surface area contributed by atoms with Gasteiger partial charge in [-0.15, -0.1) is 0 Å². The lowest BCUT2D eigenvalue weighted by molar-refractivity contribution is -0.138. The molecule has 5 rings (SSSR count). The summed E-state index contributed by atoms with van der Waals surface area (Å²) < 4.78 is 73.6. The number of amides is 2. The molecule has 10 nitrogen and oxygen atoms in total. The first-order chi connectivity index (χ1) is 25.5. The summed E-state index contributed by atoms with van der Waals surface area (Å²) in [4.78, 5) is 27.4. The van der Waals surface area contributed by atoms with Crippen LogP contribution in [0.25, 0.3) is 11.1 Å². The van der Waals surface area contributed by atoms with E-state index >= 15 is 0 Å². The van der Waals surface area contributed by atoms with Crippen LogP contribution in [0.15, 0.2) is 120 Å². The van der Waals surface area contributed by atoms with E-state index in [-0.39, 0.29) is 34.0 Å². The first-order valence-electron chi connectivity index (χ1n) is 16.6. The van der Waals surface area contributed by atoms with Crippen molar-refractivity contribution in [3.63, 3.8) is 0 Å². The van der Waals surface area contributed by atoms with Crippen molar-refractivity contribution in [2.45, 2.75) is 37.3 Å². The van der Waals surface area contributed by atoms with Gasteiger partial charge in [-0.2, -0.15) is 13.2 Å². The average Bonchev–Trinajstić information content (AvgIpc) is 3.14. The van der Waals surface area contributed by atoms with E-state index in [9.17, 15) is 41.4 Å². The van der Waals surface area contributed by atoms with Crippen LogP contribution >= 0.6 is 0 Å². The van der Waals surface area contributed by atoms with Crippen molar-refractivity contribution in [2.24, 2.45) is 0 Å². The Kier molecular flexibility index (Phi) is 12.1. The minimum absolute atomic E-state index is 0.00144. The van der Waals surface area contributed by atoms with E-state index in [1.165, 1.54) is 55.5 Å². The summed E-state index contributed by atoms with van der Waals surface area (Å²) in [5.41, 5.74) is 3.02. The van der Waals surface area contributed by atoms with Gasteiger partial charge in [-0.3, -0.25) is 13.9 Å². The molecule has 0 spiro atoms. The number of sulfonamides is 1. The van der Waals surface area contributed by atoms with Gasteiger partial charge in [0, 0.05) is 24.8 Å². The van der Waals surface area contributed by atoms with E-state index in [4.69, 9.17) is 4.74 Å². The van der Waals surface area contributed by atoms with Gasteiger partial charge in [0.2, 0.25) is 5.91 Å². The number of nitrogens with zero attached hydrogens (tertiary/aromatic N) is 2. The minimum Gasteiger partial charge on any atom is -0.497 e. The summed E-state index contributed by atoms with van der Waals surface area (Å²) in [6, 6.07) is 29.8. The number of aliphatic hydroxyl groups is 2. The third-order valence-corrected chi connectivity index (χ3v) is 10.4. The maximum Gasteiger partial charge on any atom is 0.416 e. The number of methoxy groups -OCH3 is 1. The molecule has 0 fully saturated rings. The van der Waals surface area contributed by atoms with E-state index in [1.807, 2.05) is 31.2 Å². The summed E-state index contributed by atoms with van der Waals surface area (Å²) in [5.74, 6) is -1.29. The van der Waals surface area contributed by atoms with Crippen LogP contribution in [0.3, 0.4) is 0 Å². The summed E-state index contributed by atoms with van der Waals surface area (Å²) >= 11 is 0. The van der Waals surface area contributed by atoms with E-state index in [2.05, 4.69) is 5.32 Å². The Labute approximate surface area is 311 Å². The Balaban J connectivity index is 1.23. The molecule has 0 aliphatic rings. The molecule has 0 unspecified atom stereocenters. The molecule has 0 aliphatic carbocycles. The highest BCUT2D eigenvalue weighted by Gasteiger charge is 2.34. The van der Waals surface area contributed by atoms with Crippen molar-refractivity contribution in [2.75, 3.05) is 30.3 Å². The van der Waals surface area contributed by atoms with Gasteiger partial charge in [0.15, 0.2) is 6.29 Å². The van der Waals surface area contributed by atoms with Crippen LogP contribution in [0, 0.1) is 6.92 Å². The maximum absolute atomic E-state index is 13.6. The third kappa shape index (κ3) is 9.64. The number of carbonyl (C=O) groups excluding carboxylic acids is 2. The molecule has 0 heterocycles. The first-order valence-corrected chi connectivity index (χ1v) is 18.0. The van der Waals surface area contributed by atoms with Crippen molar-refractivity contribution in [1.82, 2.24) is 4.90 Å². The van der Waals surface area contributed by atoms with Gasteiger partial charge in [-0.25, -0.2) is 8.42 Å². The predicted molar refractivity (Wildman–Crippen MR) is 198 cm³/mol. The number of carbonyl (C=O) groups is 2. The number of anilines is 2. The van der Waals surface area contributed by atoms with Crippen LogP contribution in [0.4, 0.5) is 24.5 Å². The number of aliphatic hydroxyl groups excluding tert-OH is 1. The average molecular weight is 762 g/mol. The number of nitrogens with one attached hydrogen (secondary N) is 1. The van der Waals surface area contributed by atoms with Crippen LogP contribution in [0.2, 0.25) is 0 Å². The standard InChI is InChI=1S/C40H38F3N3O7S/c1-26-4-8-28(9-5-26)29-13-20-35(21-14-29)54(51,52)45(2)33-17-6-27(7-18-33)24-46(25-38(48)49)39(50)30-10-15-32(16-11-30)44-37(47)22-31-12-19-34(53-3)23-36(31)40(41,42)43/h4-21,23,38,48-49H,22,24-25H2,1-3H3,(H,44,47). The largest absolute Gasteiger partial charge is 0.497 e. The quantitative estimate of drug-likeness (QED) is 0.114. The number of hydrogen-bond donors (Lipinski definition) is 3. The highest BCUT2D eigenvalue weighted by molar-refractivity contribution is 7.92. The molecule has 14 heteroatoms. The van der Waals surface area contributed by atoms with Crippen molar-refractivity contribution in [3.8, 4) is 16.9 Å². The Bertz CT molecular complexity index is 2190. The lowest BCUT2D eigenvalue weighted by atomic mass is 10.0. The van der Waals surface area contributed by atoms with Crippen LogP contribution < -0.4 is 14.4 Å². The Morgan fingerprint density at radius 1 is 0.833 bits per heavy atom. The molecular formula is C40H38F3N3O7S.